The molecular weight excluding hydrogens is 845 g/mol. The molecule has 0 saturated heterocycles. The fourth-order valence-electron chi connectivity index (χ4n) is 10.2. The van der Waals surface area contributed by atoms with E-state index in [0.29, 0.717) is 0 Å². The van der Waals surface area contributed by atoms with Gasteiger partial charge in [0.15, 0.2) is 0 Å². The predicted octanol–water partition coefficient (Wildman–Crippen LogP) is 18.7. The molecule has 304 valence electrons. The monoisotopic (exact) mass is 880 g/mol. The maximum atomic E-state index is 2.53. The smallest absolute Gasteiger partial charge is 0.0556 e. The number of nitrogens with zero attached hydrogens (tertiary/aromatic N) is 2. The van der Waals surface area contributed by atoms with Crippen molar-refractivity contribution in [2.24, 2.45) is 0 Å². The molecule has 0 bridgehead atoms. The van der Waals surface area contributed by atoms with Crippen LogP contribution in [0.3, 0.4) is 0 Å². The molecule has 0 aliphatic rings. The van der Waals surface area contributed by atoms with E-state index in [1.54, 1.807) is 0 Å². The SMILES string of the molecule is c1ccc(-c2ccc(N(c3ccc(-c4ccccc4)cc3)c3ccc4sc5ccc(-n6c7ccc8c9ccccc9sc8c7c7c8c(ccc76)sc6ccccc68)cc5c4c3)cc2)cc1. The van der Waals surface area contributed by atoms with Gasteiger partial charge >= 0.3 is 0 Å². The number of hydrogen-bond donors (Lipinski definition) is 0. The van der Waals surface area contributed by atoms with Crippen molar-refractivity contribution in [3.8, 4) is 27.9 Å². The van der Waals surface area contributed by atoms with Crippen LogP contribution in [0, 0.1) is 0 Å². The van der Waals surface area contributed by atoms with E-state index in [4.69, 9.17) is 0 Å². The van der Waals surface area contributed by atoms with Gasteiger partial charge in [0.25, 0.3) is 0 Å². The number of aromatic nitrogens is 1. The first kappa shape index (κ1) is 36.9. The van der Waals surface area contributed by atoms with Crippen molar-refractivity contribution in [2.75, 3.05) is 4.90 Å². The molecule has 4 aromatic heterocycles. The summed E-state index contributed by atoms with van der Waals surface area (Å²) < 4.78 is 10.4. The first-order valence-electron chi connectivity index (χ1n) is 22.0. The van der Waals surface area contributed by atoms with Gasteiger partial charge in [0.05, 0.1) is 11.0 Å². The van der Waals surface area contributed by atoms with Gasteiger partial charge < -0.3 is 9.47 Å². The minimum Gasteiger partial charge on any atom is -0.310 e. The Morgan fingerprint density at radius 2 is 0.785 bits per heavy atom. The third-order valence-corrected chi connectivity index (χ3v) is 16.7. The third-order valence-electron chi connectivity index (χ3n) is 13.2. The zero-order chi connectivity index (χ0) is 42.6. The Bertz CT molecular complexity index is 4070. The summed E-state index contributed by atoms with van der Waals surface area (Å²) in [6.07, 6.45) is 0. The lowest BCUT2D eigenvalue weighted by Crippen LogP contribution is -2.09. The quantitative estimate of drug-likeness (QED) is 0.162. The van der Waals surface area contributed by atoms with E-state index < -0.39 is 0 Å². The van der Waals surface area contributed by atoms with Crippen LogP contribution < -0.4 is 4.90 Å². The fraction of sp³-hybridized carbons (Fsp3) is 0. The summed E-state index contributed by atoms with van der Waals surface area (Å²) in [5.74, 6) is 0. The molecule has 0 saturated carbocycles. The molecule has 0 aliphatic carbocycles. The summed E-state index contributed by atoms with van der Waals surface area (Å²) in [5.41, 5.74) is 11.8. The average Bonchev–Trinajstić information content (AvgIpc) is 4.13. The molecule has 14 rings (SSSR count). The summed E-state index contributed by atoms with van der Waals surface area (Å²) >= 11 is 5.69. The number of fused-ring (bicyclic) bond motifs is 14. The first-order valence-corrected chi connectivity index (χ1v) is 24.4. The van der Waals surface area contributed by atoms with Gasteiger partial charge in [-0.05, 0) is 113 Å². The van der Waals surface area contributed by atoms with Gasteiger partial charge in [0.2, 0.25) is 0 Å². The first-order chi connectivity index (χ1) is 32.2. The zero-order valence-corrected chi connectivity index (χ0v) is 37.4. The van der Waals surface area contributed by atoms with Crippen molar-refractivity contribution in [3.63, 3.8) is 0 Å². The molecule has 0 radical (unpaired) electrons. The maximum absolute atomic E-state index is 2.53. The number of benzene rings is 10. The Morgan fingerprint density at radius 3 is 1.48 bits per heavy atom. The van der Waals surface area contributed by atoms with Crippen LogP contribution in [-0.4, -0.2) is 4.57 Å². The molecular formula is C60H36N2S3. The Morgan fingerprint density at radius 1 is 0.292 bits per heavy atom. The lowest BCUT2D eigenvalue weighted by atomic mass is 10.0. The van der Waals surface area contributed by atoms with E-state index in [1.807, 2.05) is 34.0 Å². The second kappa shape index (κ2) is 14.5. The van der Waals surface area contributed by atoms with E-state index in [1.165, 1.54) is 110 Å². The van der Waals surface area contributed by atoms with Crippen LogP contribution >= 0.6 is 34.0 Å². The van der Waals surface area contributed by atoms with E-state index in [-0.39, 0.29) is 0 Å². The molecule has 0 spiro atoms. The van der Waals surface area contributed by atoms with E-state index in [2.05, 4.69) is 228 Å². The van der Waals surface area contributed by atoms with Crippen molar-refractivity contribution >= 4 is 133 Å². The van der Waals surface area contributed by atoms with Gasteiger partial charge in [-0.15, -0.1) is 34.0 Å². The van der Waals surface area contributed by atoms with Gasteiger partial charge in [-0.1, -0.05) is 127 Å². The van der Waals surface area contributed by atoms with Crippen LogP contribution in [0.2, 0.25) is 0 Å². The normalized spacial score (nSPS) is 12.0. The molecule has 0 aliphatic heterocycles. The average molecular weight is 881 g/mol. The highest BCUT2D eigenvalue weighted by atomic mass is 32.1. The minimum absolute atomic E-state index is 1.11. The lowest BCUT2D eigenvalue weighted by molar-refractivity contribution is 1.19. The number of anilines is 3. The summed E-state index contributed by atoms with van der Waals surface area (Å²) in [7, 11) is 0. The van der Waals surface area contributed by atoms with E-state index in [0.717, 1.165) is 17.1 Å². The molecule has 14 aromatic rings. The van der Waals surface area contributed by atoms with Gasteiger partial charge in [0, 0.05) is 94.0 Å². The fourth-order valence-corrected chi connectivity index (χ4v) is 13.6. The number of thiophene rings is 3. The highest BCUT2D eigenvalue weighted by Crippen LogP contribution is 2.49. The van der Waals surface area contributed by atoms with Crippen LogP contribution in [0.15, 0.2) is 218 Å². The predicted molar refractivity (Wildman–Crippen MR) is 285 cm³/mol. The highest BCUT2D eigenvalue weighted by molar-refractivity contribution is 7.27. The van der Waals surface area contributed by atoms with Crippen molar-refractivity contribution in [3.05, 3.63) is 218 Å². The number of hydrogen-bond acceptors (Lipinski definition) is 4. The Hall–Kier alpha value is -7.54. The van der Waals surface area contributed by atoms with Crippen molar-refractivity contribution < 1.29 is 0 Å². The van der Waals surface area contributed by atoms with Gasteiger partial charge in [0.1, 0.15) is 0 Å². The van der Waals surface area contributed by atoms with Crippen molar-refractivity contribution in [1.29, 1.82) is 0 Å². The second-order valence-electron chi connectivity index (χ2n) is 16.8. The molecule has 2 nitrogen and oxygen atoms in total. The zero-order valence-electron chi connectivity index (χ0n) is 34.9. The number of rotatable bonds is 6. The Labute approximate surface area is 386 Å². The molecule has 4 heterocycles. The van der Waals surface area contributed by atoms with Crippen LogP contribution in [0.4, 0.5) is 17.1 Å². The van der Waals surface area contributed by atoms with Crippen LogP contribution in [0.5, 0.6) is 0 Å². The molecule has 0 fully saturated rings. The molecule has 10 aromatic carbocycles. The van der Waals surface area contributed by atoms with Crippen molar-refractivity contribution in [2.45, 2.75) is 0 Å². The second-order valence-corrected chi connectivity index (χ2v) is 20.0. The molecule has 65 heavy (non-hydrogen) atoms. The minimum atomic E-state index is 1.11. The van der Waals surface area contributed by atoms with Gasteiger partial charge in [-0.2, -0.15) is 0 Å². The summed E-state index contributed by atoms with van der Waals surface area (Å²) in [4.78, 5) is 2.40. The molecule has 0 amide bonds. The lowest BCUT2D eigenvalue weighted by Gasteiger charge is -2.26. The summed E-state index contributed by atoms with van der Waals surface area (Å²) in [6.45, 7) is 0. The van der Waals surface area contributed by atoms with Gasteiger partial charge in [-0.25, -0.2) is 0 Å². The molecule has 0 unspecified atom stereocenters. The van der Waals surface area contributed by atoms with Crippen molar-refractivity contribution in [1.82, 2.24) is 4.57 Å². The third kappa shape index (κ3) is 5.76. The Kier molecular flexibility index (Phi) is 8.23. The van der Waals surface area contributed by atoms with Gasteiger partial charge in [-0.3, -0.25) is 0 Å². The standard InChI is InChI=1S/C60H36N2S3/c1-3-11-37(12-4-1)39-19-23-41(24-20-39)61(42-25-21-40(22-26-42)38-13-5-2-6-14-38)43-27-32-54-48(35-43)49-36-44(28-33-55(49)63-54)62-50-31-34-56-57(47-16-8-10-18-53(47)64-56)58(50)59-51(62)30-29-46-45-15-7-9-17-52(45)65-60(46)59/h1-36H. The Balaban J connectivity index is 0.973. The topological polar surface area (TPSA) is 8.17 Å². The molecule has 5 heteroatoms. The van der Waals surface area contributed by atoms with Crippen LogP contribution in [0.1, 0.15) is 0 Å². The van der Waals surface area contributed by atoms with Crippen LogP contribution in [-0.2, 0) is 0 Å². The maximum Gasteiger partial charge on any atom is 0.0556 e. The molecule has 0 atom stereocenters. The summed E-state index contributed by atoms with van der Waals surface area (Å²) in [5, 5.41) is 10.6. The van der Waals surface area contributed by atoms with Crippen LogP contribution in [0.25, 0.3) is 110 Å². The van der Waals surface area contributed by atoms with E-state index in [9.17, 15) is 0 Å². The van der Waals surface area contributed by atoms with E-state index >= 15 is 0 Å². The highest BCUT2D eigenvalue weighted by Gasteiger charge is 2.22. The molecule has 0 N–H and O–H groups in total. The largest absolute Gasteiger partial charge is 0.310 e. The summed E-state index contributed by atoms with van der Waals surface area (Å²) in [6, 6.07) is 80.6.